The molecule has 8 atom stereocenters. The largest absolute Gasteiger partial charge is 0.393 e. The molecule has 0 radical (unpaired) electrons. The summed E-state index contributed by atoms with van der Waals surface area (Å²) in [5.41, 5.74) is 2.41. The predicted octanol–water partition coefficient (Wildman–Crippen LogP) is 4.70. The summed E-state index contributed by atoms with van der Waals surface area (Å²) in [4.78, 5) is 0. The van der Waals surface area contributed by atoms with Crippen molar-refractivity contribution in [3.8, 4) is 0 Å². The fourth-order valence-corrected chi connectivity index (χ4v) is 6.44. The van der Waals surface area contributed by atoms with Gasteiger partial charge < -0.3 is 20.4 Å². The smallest absolute Gasteiger partial charge is 0.0908 e. The minimum absolute atomic E-state index is 0.0947. The molecule has 0 spiro atoms. The van der Waals surface area contributed by atoms with Crippen LogP contribution in [-0.4, -0.2) is 44.8 Å². The van der Waals surface area contributed by atoms with Crippen LogP contribution in [0.2, 0.25) is 0 Å². The molecule has 3 aliphatic rings. The van der Waals surface area contributed by atoms with Crippen molar-refractivity contribution in [3.05, 3.63) is 47.6 Å². The number of fused-ring (bicyclic) bond motifs is 1. The molecule has 0 heterocycles. The number of aliphatic hydroxyl groups is 4. The van der Waals surface area contributed by atoms with E-state index in [9.17, 15) is 20.4 Å². The predicted molar refractivity (Wildman–Crippen MR) is 130 cm³/mol. The first kappa shape index (κ1) is 25.4. The van der Waals surface area contributed by atoms with Crippen molar-refractivity contribution in [3.63, 3.8) is 0 Å². The summed E-state index contributed by atoms with van der Waals surface area (Å²) in [6.45, 7) is 12.2. The van der Waals surface area contributed by atoms with E-state index in [1.165, 1.54) is 31.3 Å². The molecule has 4 nitrogen and oxygen atoms in total. The Bertz CT molecular complexity index is 776. The van der Waals surface area contributed by atoms with E-state index in [1.807, 2.05) is 6.92 Å². The third kappa shape index (κ3) is 5.14. The molecule has 3 saturated carbocycles. The summed E-state index contributed by atoms with van der Waals surface area (Å²) in [6, 6.07) is 0. The van der Waals surface area contributed by atoms with Gasteiger partial charge in [-0.3, -0.25) is 0 Å². The SMILES string of the molecule is C=C1/C(=C\C=C2/CCC[C@@]3(C)C2CC[C@@H]3[C@H](C)/C=C/C(C)C(C)(O)CO)C[C@@H](O)C[C@@H]1O. The average Bonchev–Trinajstić information content (AvgIpc) is 3.10. The maximum Gasteiger partial charge on any atom is 0.0908 e. The van der Waals surface area contributed by atoms with Crippen LogP contribution in [0.1, 0.15) is 72.6 Å². The molecule has 4 N–H and O–H groups in total. The normalized spacial score (nSPS) is 39.9. The molecule has 0 saturated heterocycles. The summed E-state index contributed by atoms with van der Waals surface area (Å²) in [5, 5.41) is 39.9. The summed E-state index contributed by atoms with van der Waals surface area (Å²) in [5.74, 6) is 1.49. The number of aliphatic hydroxyl groups excluding tert-OH is 3. The van der Waals surface area contributed by atoms with E-state index in [0.29, 0.717) is 30.6 Å². The van der Waals surface area contributed by atoms with Crippen molar-refractivity contribution in [2.24, 2.45) is 29.1 Å². The van der Waals surface area contributed by atoms with Crippen LogP contribution in [-0.2, 0) is 0 Å². The second kappa shape index (κ2) is 9.97. The monoisotopic (exact) mass is 444 g/mol. The Kier molecular flexibility index (Phi) is 7.92. The summed E-state index contributed by atoms with van der Waals surface area (Å²) in [7, 11) is 0. The topological polar surface area (TPSA) is 80.9 Å². The van der Waals surface area contributed by atoms with E-state index in [2.05, 4.69) is 44.7 Å². The minimum atomic E-state index is -1.09. The molecule has 180 valence electrons. The Balaban J connectivity index is 1.75. The zero-order chi connectivity index (χ0) is 23.7. The molecule has 0 aromatic rings. The molecule has 0 bridgehead atoms. The van der Waals surface area contributed by atoms with Crippen LogP contribution in [0, 0.1) is 29.1 Å². The van der Waals surface area contributed by atoms with Gasteiger partial charge in [0.15, 0.2) is 0 Å². The first-order valence-electron chi connectivity index (χ1n) is 12.5. The van der Waals surface area contributed by atoms with Gasteiger partial charge in [0, 0.05) is 12.3 Å². The molecule has 3 rings (SSSR count). The second-order valence-electron chi connectivity index (χ2n) is 11.2. The van der Waals surface area contributed by atoms with Crippen LogP contribution in [0.25, 0.3) is 0 Å². The fourth-order valence-electron chi connectivity index (χ4n) is 6.44. The van der Waals surface area contributed by atoms with E-state index in [1.54, 1.807) is 6.92 Å². The molecule has 0 aromatic heterocycles. The third-order valence-corrected chi connectivity index (χ3v) is 8.94. The highest BCUT2D eigenvalue weighted by atomic mass is 16.3. The van der Waals surface area contributed by atoms with Gasteiger partial charge in [0.05, 0.1) is 24.4 Å². The molecule has 32 heavy (non-hydrogen) atoms. The molecule has 4 heteroatoms. The van der Waals surface area contributed by atoms with Crippen molar-refractivity contribution in [2.45, 2.75) is 90.4 Å². The molecule has 3 fully saturated rings. The minimum Gasteiger partial charge on any atom is -0.393 e. The first-order valence-corrected chi connectivity index (χ1v) is 12.5. The molecule has 0 aliphatic heterocycles. The second-order valence-corrected chi connectivity index (χ2v) is 11.2. The Morgan fingerprint density at radius 3 is 2.59 bits per heavy atom. The van der Waals surface area contributed by atoms with Crippen LogP contribution < -0.4 is 0 Å². The Hall–Kier alpha value is -1.20. The molecular weight excluding hydrogens is 400 g/mol. The highest BCUT2D eigenvalue weighted by molar-refractivity contribution is 5.38. The van der Waals surface area contributed by atoms with Gasteiger partial charge >= 0.3 is 0 Å². The van der Waals surface area contributed by atoms with E-state index >= 15 is 0 Å². The Labute approximate surface area is 194 Å². The molecule has 3 unspecified atom stereocenters. The van der Waals surface area contributed by atoms with Crippen LogP contribution in [0.15, 0.2) is 47.6 Å². The number of allylic oxidation sites excluding steroid dienone is 4. The Morgan fingerprint density at radius 2 is 1.91 bits per heavy atom. The number of hydrogen-bond donors (Lipinski definition) is 4. The fraction of sp³-hybridized carbons (Fsp3) is 0.714. The highest BCUT2D eigenvalue weighted by Crippen LogP contribution is 2.59. The van der Waals surface area contributed by atoms with E-state index in [-0.39, 0.29) is 17.9 Å². The number of rotatable bonds is 6. The van der Waals surface area contributed by atoms with Gasteiger partial charge in [-0.2, -0.15) is 0 Å². The average molecular weight is 445 g/mol. The van der Waals surface area contributed by atoms with Crippen LogP contribution in [0.5, 0.6) is 0 Å². The maximum atomic E-state index is 10.3. The highest BCUT2D eigenvalue weighted by Gasteiger charge is 2.50. The molecular formula is C28H44O4. The summed E-state index contributed by atoms with van der Waals surface area (Å²) >= 11 is 0. The zero-order valence-corrected chi connectivity index (χ0v) is 20.4. The van der Waals surface area contributed by atoms with Crippen molar-refractivity contribution in [1.29, 1.82) is 0 Å². The van der Waals surface area contributed by atoms with Gasteiger partial charge in [-0.1, -0.05) is 57.2 Å². The van der Waals surface area contributed by atoms with Gasteiger partial charge in [0.1, 0.15) is 0 Å². The van der Waals surface area contributed by atoms with Crippen molar-refractivity contribution >= 4 is 0 Å². The van der Waals surface area contributed by atoms with Crippen LogP contribution in [0.4, 0.5) is 0 Å². The first-order chi connectivity index (χ1) is 15.0. The van der Waals surface area contributed by atoms with E-state index in [0.717, 1.165) is 17.6 Å². The van der Waals surface area contributed by atoms with Crippen molar-refractivity contribution < 1.29 is 20.4 Å². The van der Waals surface area contributed by atoms with Gasteiger partial charge in [0.25, 0.3) is 0 Å². The van der Waals surface area contributed by atoms with Gasteiger partial charge in [-0.15, -0.1) is 0 Å². The lowest BCUT2D eigenvalue weighted by Crippen LogP contribution is -2.36. The van der Waals surface area contributed by atoms with Crippen LogP contribution in [0.3, 0.4) is 0 Å². The van der Waals surface area contributed by atoms with Crippen molar-refractivity contribution in [2.75, 3.05) is 6.61 Å². The van der Waals surface area contributed by atoms with E-state index in [4.69, 9.17) is 0 Å². The van der Waals surface area contributed by atoms with Gasteiger partial charge in [-0.05, 0) is 79.8 Å². The molecule has 0 aromatic carbocycles. The summed E-state index contributed by atoms with van der Waals surface area (Å²) in [6.07, 6.45) is 14.5. The Morgan fingerprint density at radius 1 is 1.19 bits per heavy atom. The molecule has 3 aliphatic carbocycles. The van der Waals surface area contributed by atoms with E-state index < -0.39 is 17.8 Å². The third-order valence-electron chi connectivity index (χ3n) is 8.94. The summed E-state index contributed by atoms with van der Waals surface area (Å²) < 4.78 is 0. The maximum absolute atomic E-state index is 10.3. The van der Waals surface area contributed by atoms with Crippen molar-refractivity contribution in [1.82, 2.24) is 0 Å². The zero-order valence-electron chi connectivity index (χ0n) is 20.4. The van der Waals surface area contributed by atoms with Gasteiger partial charge in [-0.25, -0.2) is 0 Å². The lowest BCUT2D eigenvalue weighted by atomic mass is 9.61. The van der Waals surface area contributed by atoms with Gasteiger partial charge in [0.2, 0.25) is 0 Å². The molecule has 0 amide bonds. The lowest BCUT2D eigenvalue weighted by molar-refractivity contribution is -0.0266. The lowest BCUT2D eigenvalue weighted by Gasteiger charge is -2.44. The standard InChI is InChI=1S/C28H44O4/c1-18(8-9-19(2)28(5,32)17-29)24-12-13-25-21(7-6-14-27(24,25)4)10-11-22-15-23(30)16-26(31)20(22)3/h8-11,18-19,23-26,29-32H,3,6-7,12-17H2,1-2,4-5H3/b9-8+,21-10+,22-11-/t18-,19?,23-,24-,25?,26+,27-,28?/m1/s1. The quantitative estimate of drug-likeness (QED) is 0.448. The number of hydrogen-bond acceptors (Lipinski definition) is 4. The van der Waals surface area contributed by atoms with Crippen LogP contribution >= 0.6 is 0 Å².